The van der Waals surface area contributed by atoms with Crippen LogP contribution < -0.4 is 5.32 Å². The highest BCUT2D eigenvalue weighted by atomic mass is 19.4. The number of benzene rings is 3. The number of hydrogen-bond donors (Lipinski definition) is 1. The van der Waals surface area contributed by atoms with Gasteiger partial charge in [0.15, 0.2) is 0 Å². The Labute approximate surface area is 236 Å². The van der Waals surface area contributed by atoms with E-state index in [-0.39, 0.29) is 12.5 Å². The molecule has 41 heavy (non-hydrogen) atoms. The molecule has 1 N–H and O–H groups in total. The number of amides is 3. The van der Waals surface area contributed by atoms with Crippen LogP contribution in [0.2, 0.25) is 0 Å². The smallest absolute Gasteiger partial charge is 0.337 e. The Hall–Kier alpha value is -3.98. The lowest BCUT2D eigenvalue weighted by atomic mass is 9.74. The van der Waals surface area contributed by atoms with Crippen molar-refractivity contribution in [2.45, 2.75) is 50.6 Å². The standard InChI is InChI=1S/C32H30F3N3O3/c1-20-8-10-22(11-9-20)18-37-17-5-16-31(30(37)41)26-25(27(36-31)23-12-14-24(15-13-23)32(33,34)35)28(39)38(29(26)40)19-21-6-3-2-4-7-21/h2-4,6-15,25-27,36H,5,16-19H2,1H3/t25-,26-,27-,31-/m1/s1. The van der Waals surface area contributed by atoms with Crippen LogP contribution in [-0.2, 0) is 33.6 Å². The molecule has 6 nitrogen and oxygen atoms in total. The van der Waals surface area contributed by atoms with Crippen molar-refractivity contribution in [3.8, 4) is 0 Å². The second kappa shape index (κ2) is 10.1. The summed E-state index contributed by atoms with van der Waals surface area (Å²) in [4.78, 5) is 45.2. The van der Waals surface area contributed by atoms with Gasteiger partial charge in [0.25, 0.3) is 0 Å². The van der Waals surface area contributed by atoms with Crippen molar-refractivity contribution >= 4 is 17.7 Å². The van der Waals surface area contributed by atoms with Gasteiger partial charge in [-0.05, 0) is 48.6 Å². The number of piperidine rings is 1. The molecule has 6 rings (SSSR count). The third-order valence-electron chi connectivity index (χ3n) is 8.69. The highest BCUT2D eigenvalue weighted by Crippen LogP contribution is 2.52. The van der Waals surface area contributed by atoms with Gasteiger partial charge in [-0.25, -0.2) is 0 Å². The number of likely N-dealkylation sites (tertiary alicyclic amines) is 2. The number of hydrogen-bond acceptors (Lipinski definition) is 4. The predicted molar refractivity (Wildman–Crippen MR) is 145 cm³/mol. The molecule has 3 saturated heterocycles. The van der Waals surface area contributed by atoms with E-state index < -0.39 is 47.0 Å². The van der Waals surface area contributed by atoms with Crippen LogP contribution in [0.4, 0.5) is 13.2 Å². The van der Waals surface area contributed by atoms with Crippen molar-refractivity contribution in [1.29, 1.82) is 0 Å². The highest BCUT2D eigenvalue weighted by Gasteiger charge is 2.69. The minimum atomic E-state index is -4.51. The first kappa shape index (κ1) is 27.2. The number of halogens is 3. The Bertz CT molecular complexity index is 1470. The van der Waals surface area contributed by atoms with E-state index in [1.54, 1.807) is 4.90 Å². The van der Waals surface area contributed by atoms with Crippen molar-refractivity contribution in [3.05, 3.63) is 107 Å². The lowest BCUT2D eigenvalue weighted by molar-refractivity contribution is -0.150. The van der Waals surface area contributed by atoms with Gasteiger partial charge in [0.2, 0.25) is 17.7 Å². The lowest BCUT2D eigenvalue weighted by Crippen LogP contribution is -2.63. The molecule has 0 saturated carbocycles. The number of imide groups is 1. The first-order valence-electron chi connectivity index (χ1n) is 13.8. The molecule has 0 aliphatic carbocycles. The maximum Gasteiger partial charge on any atom is 0.416 e. The summed E-state index contributed by atoms with van der Waals surface area (Å²) < 4.78 is 39.9. The normalized spacial score (nSPS) is 26.2. The van der Waals surface area contributed by atoms with Crippen molar-refractivity contribution in [2.75, 3.05) is 6.54 Å². The number of rotatable bonds is 5. The lowest BCUT2D eigenvalue weighted by Gasteiger charge is -2.42. The van der Waals surface area contributed by atoms with Crippen LogP contribution in [0.5, 0.6) is 0 Å². The number of fused-ring (bicyclic) bond motifs is 2. The molecular weight excluding hydrogens is 531 g/mol. The van der Waals surface area contributed by atoms with Gasteiger partial charge in [-0.1, -0.05) is 72.3 Å². The van der Waals surface area contributed by atoms with Crippen LogP contribution in [0.3, 0.4) is 0 Å². The van der Waals surface area contributed by atoms with Crippen molar-refractivity contribution in [3.63, 3.8) is 0 Å². The molecule has 3 aliphatic heterocycles. The average molecular weight is 562 g/mol. The van der Waals surface area contributed by atoms with Crippen molar-refractivity contribution < 1.29 is 27.6 Å². The molecule has 0 radical (unpaired) electrons. The summed E-state index contributed by atoms with van der Waals surface area (Å²) in [6, 6.07) is 20.9. The summed E-state index contributed by atoms with van der Waals surface area (Å²) in [5.74, 6) is -2.96. The summed E-state index contributed by atoms with van der Waals surface area (Å²) in [5, 5.41) is 3.36. The molecule has 3 heterocycles. The van der Waals surface area contributed by atoms with Crippen molar-refractivity contribution in [2.24, 2.45) is 11.8 Å². The summed E-state index contributed by atoms with van der Waals surface area (Å²) in [6.45, 7) is 2.93. The van der Waals surface area contributed by atoms with E-state index in [4.69, 9.17) is 0 Å². The maximum absolute atomic E-state index is 14.3. The minimum absolute atomic E-state index is 0.0720. The van der Waals surface area contributed by atoms with Crippen LogP contribution >= 0.6 is 0 Å². The fourth-order valence-corrected chi connectivity index (χ4v) is 6.68. The second-order valence-electron chi connectivity index (χ2n) is 11.3. The monoisotopic (exact) mass is 561 g/mol. The third kappa shape index (κ3) is 4.72. The first-order valence-corrected chi connectivity index (χ1v) is 13.8. The van der Waals surface area contributed by atoms with Crippen LogP contribution in [0.1, 0.15) is 46.7 Å². The average Bonchev–Trinajstić information content (AvgIpc) is 3.42. The van der Waals surface area contributed by atoms with Crippen LogP contribution in [0.15, 0.2) is 78.9 Å². The zero-order valence-electron chi connectivity index (χ0n) is 22.5. The highest BCUT2D eigenvalue weighted by molar-refractivity contribution is 6.10. The van der Waals surface area contributed by atoms with Gasteiger partial charge in [0, 0.05) is 19.1 Å². The number of aryl methyl sites for hydroxylation is 1. The van der Waals surface area contributed by atoms with Gasteiger partial charge in [-0.2, -0.15) is 13.2 Å². The molecule has 0 unspecified atom stereocenters. The molecule has 0 aromatic heterocycles. The van der Waals surface area contributed by atoms with E-state index in [1.807, 2.05) is 61.5 Å². The molecular formula is C32H30F3N3O3. The minimum Gasteiger partial charge on any atom is -0.337 e. The topological polar surface area (TPSA) is 69.7 Å². The summed E-state index contributed by atoms with van der Waals surface area (Å²) in [6.07, 6.45) is -3.53. The van der Waals surface area contributed by atoms with Gasteiger partial charge in [-0.3, -0.25) is 24.6 Å². The number of carbonyl (C=O) groups excluding carboxylic acids is 3. The van der Waals surface area contributed by atoms with Crippen LogP contribution in [0.25, 0.3) is 0 Å². The Morgan fingerprint density at radius 1 is 0.854 bits per heavy atom. The third-order valence-corrected chi connectivity index (χ3v) is 8.69. The van der Waals surface area contributed by atoms with E-state index in [2.05, 4.69) is 5.32 Å². The van der Waals surface area contributed by atoms with E-state index in [0.717, 1.165) is 28.8 Å². The van der Waals surface area contributed by atoms with Gasteiger partial charge < -0.3 is 4.90 Å². The Morgan fingerprint density at radius 3 is 2.17 bits per heavy atom. The summed E-state index contributed by atoms with van der Waals surface area (Å²) in [7, 11) is 0. The Balaban J connectivity index is 1.38. The van der Waals surface area contributed by atoms with Crippen LogP contribution in [-0.4, -0.2) is 39.6 Å². The Kier molecular flexibility index (Phi) is 6.72. The van der Waals surface area contributed by atoms with E-state index in [1.165, 1.54) is 17.0 Å². The van der Waals surface area contributed by atoms with E-state index in [0.29, 0.717) is 31.5 Å². The molecule has 3 aromatic carbocycles. The Morgan fingerprint density at radius 2 is 1.51 bits per heavy atom. The number of alkyl halides is 3. The molecule has 4 atom stereocenters. The molecule has 212 valence electrons. The quantitative estimate of drug-likeness (QED) is 0.445. The molecule has 3 aromatic rings. The molecule has 3 fully saturated rings. The molecule has 9 heteroatoms. The zero-order valence-corrected chi connectivity index (χ0v) is 22.5. The van der Waals surface area contributed by atoms with Crippen molar-refractivity contribution in [1.82, 2.24) is 15.1 Å². The molecule has 0 bridgehead atoms. The van der Waals surface area contributed by atoms with Gasteiger partial charge in [-0.15, -0.1) is 0 Å². The molecule has 1 spiro atoms. The molecule has 3 aliphatic rings. The largest absolute Gasteiger partial charge is 0.416 e. The summed E-state index contributed by atoms with van der Waals surface area (Å²) >= 11 is 0. The van der Waals surface area contributed by atoms with E-state index in [9.17, 15) is 27.6 Å². The molecule has 3 amide bonds. The summed E-state index contributed by atoms with van der Waals surface area (Å²) in [5.41, 5.74) is 1.13. The van der Waals surface area contributed by atoms with Gasteiger partial charge in [0.05, 0.1) is 23.9 Å². The number of nitrogens with zero attached hydrogens (tertiary/aromatic N) is 2. The fraction of sp³-hybridized carbons (Fsp3) is 0.344. The van der Waals surface area contributed by atoms with Gasteiger partial charge >= 0.3 is 6.18 Å². The number of nitrogens with one attached hydrogen (secondary N) is 1. The number of carbonyl (C=O) groups is 3. The SMILES string of the molecule is Cc1ccc(CN2CCC[C@]3(N[C@H](c4ccc(C(F)(F)F)cc4)[C@@H]4C(=O)N(Cc5ccccc5)C(=O)[C@@H]43)C2=O)cc1. The second-order valence-corrected chi connectivity index (χ2v) is 11.3. The van der Waals surface area contributed by atoms with E-state index >= 15 is 0 Å². The van der Waals surface area contributed by atoms with Crippen LogP contribution in [0, 0.1) is 18.8 Å². The van der Waals surface area contributed by atoms with Gasteiger partial charge in [0.1, 0.15) is 5.54 Å². The zero-order chi connectivity index (χ0) is 28.9. The maximum atomic E-state index is 14.3. The first-order chi connectivity index (χ1) is 19.6. The predicted octanol–water partition coefficient (Wildman–Crippen LogP) is 5.02. The fourth-order valence-electron chi connectivity index (χ4n) is 6.68.